The van der Waals surface area contributed by atoms with E-state index in [0.29, 0.717) is 17.0 Å². The van der Waals surface area contributed by atoms with Crippen molar-refractivity contribution in [3.8, 4) is 0 Å². The molecule has 0 spiro atoms. The highest BCUT2D eigenvalue weighted by Crippen LogP contribution is 2.24. The molecular weight excluding hydrogens is 297 g/mol. The number of halogens is 1. The number of para-hydroxylation sites is 1. The molecule has 2 aromatic carbocycles. The van der Waals surface area contributed by atoms with Gasteiger partial charge < -0.3 is 10.1 Å². The van der Waals surface area contributed by atoms with Gasteiger partial charge in [0.1, 0.15) is 11.6 Å². The van der Waals surface area contributed by atoms with Crippen LogP contribution in [0, 0.1) is 5.82 Å². The molecule has 0 saturated heterocycles. The fourth-order valence-electron chi connectivity index (χ4n) is 2.13. The Kier molecular flexibility index (Phi) is 4.14. The molecule has 0 aliphatic rings. The summed E-state index contributed by atoms with van der Waals surface area (Å²) in [6.45, 7) is 1.96. The van der Waals surface area contributed by atoms with Crippen molar-refractivity contribution in [1.29, 1.82) is 0 Å². The summed E-state index contributed by atoms with van der Waals surface area (Å²) in [5.41, 5.74) is 1.28. The van der Waals surface area contributed by atoms with Crippen LogP contribution in [0.1, 0.15) is 17.5 Å². The summed E-state index contributed by atoms with van der Waals surface area (Å²) >= 11 is 0. The zero-order valence-electron chi connectivity index (χ0n) is 12.4. The van der Waals surface area contributed by atoms with E-state index in [1.54, 1.807) is 25.1 Å². The van der Waals surface area contributed by atoms with E-state index in [-0.39, 0.29) is 18.2 Å². The van der Waals surface area contributed by atoms with Crippen LogP contribution in [0.4, 0.5) is 15.9 Å². The van der Waals surface area contributed by atoms with Gasteiger partial charge in [0, 0.05) is 11.1 Å². The Hall–Kier alpha value is -3.02. The lowest BCUT2D eigenvalue weighted by atomic mass is 10.2. The quantitative estimate of drug-likeness (QED) is 0.744. The second kappa shape index (κ2) is 6.39. The smallest absolute Gasteiger partial charge is 0.376 e. The van der Waals surface area contributed by atoms with Crippen LogP contribution < -0.4 is 5.32 Å². The van der Waals surface area contributed by atoms with Crippen LogP contribution in [-0.4, -0.2) is 22.5 Å². The van der Waals surface area contributed by atoms with E-state index in [1.807, 2.05) is 18.2 Å². The third-order valence-electron chi connectivity index (χ3n) is 3.17. The lowest BCUT2D eigenvalue weighted by Gasteiger charge is -2.10. The van der Waals surface area contributed by atoms with E-state index < -0.39 is 5.97 Å². The van der Waals surface area contributed by atoms with Crippen LogP contribution in [0.5, 0.6) is 0 Å². The molecule has 0 aliphatic heterocycles. The summed E-state index contributed by atoms with van der Waals surface area (Å²) in [6, 6.07) is 13.2. The summed E-state index contributed by atoms with van der Waals surface area (Å²) < 4.78 is 18.0. The number of benzene rings is 2. The number of nitrogens with one attached hydrogen (secondary N) is 1. The molecule has 0 aliphatic carbocycles. The molecule has 1 N–H and O–H groups in total. The monoisotopic (exact) mass is 311 g/mol. The Morgan fingerprint density at radius 2 is 1.87 bits per heavy atom. The molecule has 0 unspecified atom stereocenters. The number of fused-ring (bicyclic) bond motifs is 1. The van der Waals surface area contributed by atoms with Crippen molar-refractivity contribution in [2.24, 2.45) is 0 Å². The first kappa shape index (κ1) is 14.9. The van der Waals surface area contributed by atoms with Crippen LogP contribution >= 0.6 is 0 Å². The molecule has 0 amide bonds. The number of rotatable bonds is 4. The minimum Gasteiger partial charge on any atom is -0.460 e. The van der Waals surface area contributed by atoms with Crippen LogP contribution in [0.2, 0.25) is 0 Å². The SMILES string of the molecule is CCOC(=O)c1nc(Nc2ccc(F)cc2)c2ccccc2n1. The van der Waals surface area contributed by atoms with E-state index in [2.05, 4.69) is 15.3 Å². The van der Waals surface area contributed by atoms with Crippen molar-refractivity contribution in [3.63, 3.8) is 0 Å². The molecule has 0 bridgehead atoms. The van der Waals surface area contributed by atoms with Crippen molar-refractivity contribution in [3.05, 3.63) is 60.2 Å². The zero-order chi connectivity index (χ0) is 16.2. The lowest BCUT2D eigenvalue weighted by Crippen LogP contribution is -2.11. The van der Waals surface area contributed by atoms with Gasteiger partial charge >= 0.3 is 5.97 Å². The maximum absolute atomic E-state index is 13.0. The third kappa shape index (κ3) is 3.26. The summed E-state index contributed by atoms with van der Waals surface area (Å²) in [5, 5.41) is 3.84. The van der Waals surface area contributed by atoms with Gasteiger partial charge in [0.05, 0.1) is 12.1 Å². The molecule has 23 heavy (non-hydrogen) atoms. The summed E-state index contributed by atoms with van der Waals surface area (Å²) in [5.74, 6) is -0.462. The first-order chi connectivity index (χ1) is 11.2. The molecule has 0 radical (unpaired) electrons. The molecular formula is C17H14FN3O2. The molecule has 5 nitrogen and oxygen atoms in total. The molecule has 1 aromatic heterocycles. The van der Waals surface area contributed by atoms with Crippen molar-refractivity contribution in [2.75, 3.05) is 11.9 Å². The average molecular weight is 311 g/mol. The third-order valence-corrected chi connectivity index (χ3v) is 3.17. The van der Waals surface area contributed by atoms with Gasteiger partial charge in [-0.05, 0) is 43.3 Å². The van der Waals surface area contributed by atoms with Crippen LogP contribution in [0.15, 0.2) is 48.5 Å². The number of aromatic nitrogens is 2. The normalized spacial score (nSPS) is 10.5. The van der Waals surface area contributed by atoms with Gasteiger partial charge in [-0.2, -0.15) is 0 Å². The lowest BCUT2D eigenvalue weighted by molar-refractivity contribution is 0.0512. The standard InChI is InChI=1S/C17H14FN3O2/c1-2-23-17(22)16-20-14-6-4-3-5-13(14)15(21-16)19-12-9-7-11(18)8-10-12/h3-10H,2H2,1H3,(H,19,20,21). The number of nitrogens with zero attached hydrogens (tertiary/aromatic N) is 2. The first-order valence-electron chi connectivity index (χ1n) is 7.14. The summed E-state index contributed by atoms with van der Waals surface area (Å²) in [6.07, 6.45) is 0. The summed E-state index contributed by atoms with van der Waals surface area (Å²) in [4.78, 5) is 20.4. The van der Waals surface area contributed by atoms with E-state index >= 15 is 0 Å². The van der Waals surface area contributed by atoms with E-state index in [9.17, 15) is 9.18 Å². The van der Waals surface area contributed by atoms with Gasteiger partial charge in [-0.15, -0.1) is 0 Å². The van der Waals surface area contributed by atoms with Gasteiger partial charge in [-0.1, -0.05) is 12.1 Å². The van der Waals surface area contributed by atoms with Crippen molar-refractivity contribution in [2.45, 2.75) is 6.92 Å². The van der Waals surface area contributed by atoms with Crippen molar-refractivity contribution in [1.82, 2.24) is 9.97 Å². The highest BCUT2D eigenvalue weighted by molar-refractivity contribution is 5.95. The second-order valence-corrected chi connectivity index (χ2v) is 4.77. The van der Waals surface area contributed by atoms with Crippen LogP contribution in [0.3, 0.4) is 0 Å². The number of carbonyl (C=O) groups is 1. The first-order valence-corrected chi connectivity index (χ1v) is 7.14. The van der Waals surface area contributed by atoms with Gasteiger partial charge in [0.25, 0.3) is 0 Å². The zero-order valence-corrected chi connectivity index (χ0v) is 12.4. The highest BCUT2D eigenvalue weighted by atomic mass is 19.1. The van der Waals surface area contributed by atoms with E-state index in [1.165, 1.54) is 12.1 Å². The summed E-state index contributed by atoms with van der Waals surface area (Å²) in [7, 11) is 0. The molecule has 1 heterocycles. The maximum Gasteiger partial charge on any atom is 0.376 e. The predicted octanol–water partition coefficient (Wildman–Crippen LogP) is 3.69. The van der Waals surface area contributed by atoms with Gasteiger partial charge in [0.2, 0.25) is 5.82 Å². The Bertz CT molecular complexity index is 850. The Morgan fingerprint density at radius 1 is 1.13 bits per heavy atom. The number of hydrogen-bond acceptors (Lipinski definition) is 5. The minimum atomic E-state index is -0.583. The second-order valence-electron chi connectivity index (χ2n) is 4.77. The minimum absolute atomic E-state index is 0.0184. The van der Waals surface area contributed by atoms with E-state index in [4.69, 9.17) is 4.74 Å². The highest BCUT2D eigenvalue weighted by Gasteiger charge is 2.15. The molecule has 6 heteroatoms. The Balaban J connectivity index is 2.06. The molecule has 0 atom stereocenters. The number of carbonyl (C=O) groups excluding carboxylic acids is 1. The van der Waals surface area contributed by atoms with Gasteiger partial charge in [0.15, 0.2) is 0 Å². The van der Waals surface area contributed by atoms with Crippen molar-refractivity contribution >= 4 is 28.4 Å². The molecule has 3 rings (SSSR count). The maximum atomic E-state index is 13.0. The largest absolute Gasteiger partial charge is 0.460 e. The van der Waals surface area contributed by atoms with Crippen molar-refractivity contribution < 1.29 is 13.9 Å². The number of ether oxygens (including phenoxy) is 1. The fourth-order valence-corrected chi connectivity index (χ4v) is 2.13. The van der Waals surface area contributed by atoms with Gasteiger partial charge in [-0.25, -0.2) is 19.2 Å². The topological polar surface area (TPSA) is 64.1 Å². The molecule has 3 aromatic rings. The Labute approximate surface area is 132 Å². The van der Waals surface area contributed by atoms with E-state index in [0.717, 1.165) is 5.39 Å². The number of esters is 1. The molecule has 0 fully saturated rings. The predicted molar refractivity (Wildman–Crippen MR) is 85.2 cm³/mol. The number of anilines is 2. The Morgan fingerprint density at radius 3 is 2.61 bits per heavy atom. The fraction of sp³-hybridized carbons (Fsp3) is 0.118. The number of hydrogen-bond donors (Lipinski definition) is 1. The molecule has 0 saturated carbocycles. The van der Waals surface area contributed by atoms with Gasteiger partial charge in [-0.3, -0.25) is 0 Å². The average Bonchev–Trinajstić information content (AvgIpc) is 2.57. The van der Waals surface area contributed by atoms with Crippen LogP contribution in [-0.2, 0) is 4.74 Å². The molecule has 116 valence electrons. The van der Waals surface area contributed by atoms with Crippen LogP contribution in [0.25, 0.3) is 10.9 Å².